The first kappa shape index (κ1) is 21.0. The first-order chi connectivity index (χ1) is 14.0. The molecule has 1 saturated heterocycles. The van der Waals surface area contributed by atoms with Gasteiger partial charge in [0.15, 0.2) is 0 Å². The average molecular weight is 410 g/mol. The molecule has 0 aliphatic carbocycles. The maximum absolute atomic E-state index is 12.9. The fraction of sp³-hybridized carbons (Fsp3) is 0.286. The van der Waals surface area contributed by atoms with Gasteiger partial charge in [-0.3, -0.25) is 24.6 Å². The Morgan fingerprint density at radius 3 is 2.33 bits per heavy atom. The maximum atomic E-state index is 12.9. The number of nitro groups is 1. The number of urea groups is 1. The van der Waals surface area contributed by atoms with Crippen molar-refractivity contribution >= 4 is 29.2 Å². The zero-order valence-electron chi connectivity index (χ0n) is 17.1. The van der Waals surface area contributed by atoms with Gasteiger partial charge in [0.2, 0.25) is 5.91 Å². The molecule has 0 unspecified atom stereocenters. The molecule has 2 aromatic carbocycles. The monoisotopic (exact) mass is 410 g/mol. The van der Waals surface area contributed by atoms with E-state index in [1.54, 1.807) is 32.9 Å². The second kappa shape index (κ2) is 7.58. The maximum Gasteiger partial charge on any atom is 0.325 e. The highest BCUT2D eigenvalue weighted by molar-refractivity contribution is 6.10. The van der Waals surface area contributed by atoms with Crippen LogP contribution in [0.15, 0.2) is 36.4 Å². The van der Waals surface area contributed by atoms with E-state index in [9.17, 15) is 24.5 Å². The van der Waals surface area contributed by atoms with Gasteiger partial charge in [0, 0.05) is 6.07 Å². The molecule has 1 fully saturated rings. The summed E-state index contributed by atoms with van der Waals surface area (Å²) < 4.78 is 0. The molecule has 9 heteroatoms. The average Bonchev–Trinajstić information content (AvgIpc) is 2.88. The number of nitro benzene ring substituents is 1. The van der Waals surface area contributed by atoms with Crippen LogP contribution in [0.3, 0.4) is 0 Å². The standard InChI is InChI=1S/C21H22N4O5/c1-12-5-7-15(8-6-12)21(4)19(27)24(20(28)23-21)11-18(26)22-16-9-13(2)14(3)10-17(16)25(29)30/h5-10H,11H2,1-4H3,(H,22,26)(H,23,28)/t21-/m1/s1. The molecule has 156 valence electrons. The summed E-state index contributed by atoms with van der Waals surface area (Å²) in [6.07, 6.45) is 0. The molecule has 0 bridgehead atoms. The minimum absolute atomic E-state index is 0.0152. The molecule has 30 heavy (non-hydrogen) atoms. The number of amides is 4. The Hall–Kier alpha value is -3.75. The van der Waals surface area contributed by atoms with Gasteiger partial charge in [0.25, 0.3) is 11.6 Å². The predicted molar refractivity (Wildman–Crippen MR) is 110 cm³/mol. The van der Waals surface area contributed by atoms with Crippen LogP contribution < -0.4 is 10.6 Å². The molecule has 2 N–H and O–H groups in total. The lowest BCUT2D eigenvalue weighted by molar-refractivity contribution is -0.384. The van der Waals surface area contributed by atoms with E-state index >= 15 is 0 Å². The van der Waals surface area contributed by atoms with Crippen molar-refractivity contribution in [1.82, 2.24) is 10.2 Å². The molecule has 1 atom stereocenters. The van der Waals surface area contributed by atoms with E-state index in [-0.39, 0.29) is 11.4 Å². The highest BCUT2D eigenvalue weighted by Crippen LogP contribution is 2.30. The summed E-state index contributed by atoms with van der Waals surface area (Å²) in [6, 6.07) is 9.31. The van der Waals surface area contributed by atoms with E-state index in [2.05, 4.69) is 10.6 Å². The van der Waals surface area contributed by atoms with E-state index in [0.29, 0.717) is 11.1 Å². The molecule has 4 amide bonds. The molecule has 0 radical (unpaired) electrons. The highest BCUT2D eigenvalue weighted by atomic mass is 16.6. The van der Waals surface area contributed by atoms with Crippen LogP contribution in [0.5, 0.6) is 0 Å². The van der Waals surface area contributed by atoms with Gasteiger partial charge in [-0.15, -0.1) is 0 Å². The summed E-state index contributed by atoms with van der Waals surface area (Å²) in [6.45, 7) is 6.41. The first-order valence-corrected chi connectivity index (χ1v) is 9.29. The Bertz CT molecular complexity index is 1060. The van der Waals surface area contributed by atoms with Crippen molar-refractivity contribution in [2.75, 3.05) is 11.9 Å². The van der Waals surface area contributed by atoms with Gasteiger partial charge in [0.05, 0.1) is 4.92 Å². The number of rotatable bonds is 5. The van der Waals surface area contributed by atoms with Gasteiger partial charge >= 0.3 is 6.03 Å². The number of aryl methyl sites for hydroxylation is 3. The van der Waals surface area contributed by atoms with Crippen LogP contribution in [0.1, 0.15) is 29.2 Å². The van der Waals surface area contributed by atoms with E-state index < -0.39 is 34.9 Å². The highest BCUT2D eigenvalue weighted by Gasteiger charge is 2.49. The molecule has 2 aromatic rings. The summed E-state index contributed by atoms with van der Waals surface area (Å²) in [5.41, 5.74) is 1.54. The van der Waals surface area contributed by atoms with Crippen LogP contribution >= 0.6 is 0 Å². The summed E-state index contributed by atoms with van der Waals surface area (Å²) in [5.74, 6) is -1.28. The Labute approximate surface area is 173 Å². The van der Waals surface area contributed by atoms with Gasteiger partial charge in [-0.25, -0.2) is 4.79 Å². The number of benzene rings is 2. The minimum atomic E-state index is -1.29. The summed E-state index contributed by atoms with van der Waals surface area (Å²) in [7, 11) is 0. The Balaban J connectivity index is 1.80. The second-order valence-electron chi connectivity index (χ2n) is 7.57. The van der Waals surface area contributed by atoms with Crippen LogP contribution in [0.4, 0.5) is 16.2 Å². The van der Waals surface area contributed by atoms with E-state index in [1.807, 2.05) is 19.1 Å². The Kier molecular flexibility index (Phi) is 5.30. The van der Waals surface area contributed by atoms with Crippen LogP contribution in [-0.4, -0.2) is 34.2 Å². The van der Waals surface area contributed by atoms with Crippen molar-refractivity contribution in [2.24, 2.45) is 0 Å². The molecule has 1 aliphatic rings. The van der Waals surface area contributed by atoms with Crippen molar-refractivity contribution in [2.45, 2.75) is 33.2 Å². The molecule has 0 aromatic heterocycles. The third-order valence-electron chi connectivity index (χ3n) is 5.29. The van der Waals surface area contributed by atoms with Crippen molar-refractivity contribution in [1.29, 1.82) is 0 Å². The summed E-state index contributed by atoms with van der Waals surface area (Å²) in [4.78, 5) is 49.4. The number of anilines is 1. The smallest absolute Gasteiger partial charge is 0.319 e. The van der Waals surface area contributed by atoms with Crippen LogP contribution in [-0.2, 0) is 15.1 Å². The number of nitrogens with one attached hydrogen (secondary N) is 2. The van der Waals surface area contributed by atoms with Gasteiger partial charge in [-0.1, -0.05) is 29.8 Å². The lowest BCUT2D eigenvalue weighted by Gasteiger charge is -2.22. The van der Waals surface area contributed by atoms with E-state index in [1.165, 1.54) is 12.1 Å². The van der Waals surface area contributed by atoms with Crippen molar-refractivity contribution in [3.05, 3.63) is 68.8 Å². The third kappa shape index (κ3) is 3.73. The normalized spacial score (nSPS) is 18.3. The predicted octanol–water partition coefficient (Wildman–Crippen LogP) is 2.93. The summed E-state index contributed by atoms with van der Waals surface area (Å²) in [5, 5.41) is 16.4. The molecular weight excluding hydrogens is 388 g/mol. The number of nitrogens with zero attached hydrogens (tertiary/aromatic N) is 2. The zero-order chi connectivity index (χ0) is 22.2. The lowest BCUT2D eigenvalue weighted by atomic mass is 9.91. The minimum Gasteiger partial charge on any atom is -0.319 e. The number of carbonyl (C=O) groups excluding carboxylic acids is 3. The molecular formula is C21H22N4O5. The van der Waals surface area contributed by atoms with Gasteiger partial charge in [0.1, 0.15) is 17.8 Å². The Morgan fingerprint density at radius 2 is 1.73 bits per heavy atom. The number of hydrogen-bond donors (Lipinski definition) is 2. The lowest BCUT2D eigenvalue weighted by Crippen LogP contribution is -2.42. The molecule has 9 nitrogen and oxygen atoms in total. The Morgan fingerprint density at radius 1 is 1.13 bits per heavy atom. The number of hydrogen-bond acceptors (Lipinski definition) is 5. The molecule has 1 heterocycles. The molecule has 1 aliphatic heterocycles. The molecule has 0 saturated carbocycles. The van der Waals surface area contributed by atoms with Crippen LogP contribution in [0.2, 0.25) is 0 Å². The van der Waals surface area contributed by atoms with E-state index in [0.717, 1.165) is 16.0 Å². The van der Waals surface area contributed by atoms with Crippen molar-refractivity contribution in [3.63, 3.8) is 0 Å². The van der Waals surface area contributed by atoms with Gasteiger partial charge in [-0.05, 0) is 50.5 Å². The molecule has 3 rings (SSSR count). The van der Waals surface area contributed by atoms with Crippen molar-refractivity contribution < 1.29 is 19.3 Å². The topological polar surface area (TPSA) is 122 Å². The fourth-order valence-corrected chi connectivity index (χ4v) is 3.31. The third-order valence-corrected chi connectivity index (χ3v) is 5.29. The van der Waals surface area contributed by atoms with Crippen molar-refractivity contribution in [3.8, 4) is 0 Å². The first-order valence-electron chi connectivity index (χ1n) is 9.29. The molecule has 0 spiro atoms. The quantitative estimate of drug-likeness (QED) is 0.446. The summed E-state index contributed by atoms with van der Waals surface area (Å²) >= 11 is 0. The van der Waals surface area contributed by atoms with Gasteiger partial charge in [-0.2, -0.15) is 0 Å². The van der Waals surface area contributed by atoms with Crippen LogP contribution in [0, 0.1) is 30.9 Å². The second-order valence-corrected chi connectivity index (χ2v) is 7.57. The van der Waals surface area contributed by atoms with Gasteiger partial charge < -0.3 is 10.6 Å². The number of imide groups is 1. The zero-order valence-corrected chi connectivity index (χ0v) is 17.1. The fourth-order valence-electron chi connectivity index (χ4n) is 3.31. The van der Waals surface area contributed by atoms with E-state index in [4.69, 9.17) is 0 Å². The SMILES string of the molecule is Cc1ccc([C@@]2(C)NC(=O)N(CC(=O)Nc3cc(C)c(C)cc3[N+](=O)[O-])C2=O)cc1. The number of carbonyl (C=O) groups is 3. The van der Waals surface area contributed by atoms with Crippen LogP contribution in [0.25, 0.3) is 0 Å². The largest absolute Gasteiger partial charge is 0.325 e.